The molecule has 0 aliphatic carbocycles. The first-order valence-electron chi connectivity index (χ1n) is 7.68. The van der Waals surface area contributed by atoms with Crippen LogP contribution in [0.1, 0.15) is 40.0 Å². The van der Waals surface area contributed by atoms with Crippen molar-refractivity contribution in [2.75, 3.05) is 40.3 Å². The van der Waals surface area contributed by atoms with Gasteiger partial charge >= 0.3 is 0 Å². The van der Waals surface area contributed by atoms with Gasteiger partial charge in [0.2, 0.25) is 0 Å². The SMILES string of the molecule is CCNC(C)(CO)CC(C)N1CCC(N(C)C)CC1. The molecule has 1 heterocycles. The lowest BCUT2D eigenvalue weighted by molar-refractivity contribution is 0.0802. The molecule has 0 amide bonds. The van der Waals surface area contributed by atoms with Crippen molar-refractivity contribution in [3.63, 3.8) is 0 Å². The van der Waals surface area contributed by atoms with E-state index in [1.54, 1.807) is 0 Å². The molecule has 1 saturated heterocycles. The highest BCUT2D eigenvalue weighted by Crippen LogP contribution is 2.21. The first-order valence-corrected chi connectivity index (χ1v) is 7.68. The molecule has 1 fully saturated rings. The van der Waals surface area contributed by atoms with Crippen LogP contribution in [0, 0.1) is 0 Å². The van der Waals surface area contributed by atoms with Crippen LogP contribution in [-0.2, 0) is 0 Å². The van der Waals surface area contributed by atoms with Crippen LogP contribution in [-0.4, -0.2) is 72.9 Å². The fourth-order valence-corrected chi connectivity index (χ4v) is 3.24. The summed E-state index contributed by atoms with van der Waals surface area (Å²) >= 11 is 0. The number of nitrogens with zero attached hydrogens (tertiary/aromatic N) is 2. The van der Waals surface area contributed by atoms with E-state index in [1.165, 1.54) is 25.9 Å². The molecule has 2 atom stereocenters. The van der Waals surface area contributed by atoms with E-state index in [9.17, 15) is 5.11 Å². The lowest BCUT2D eigenvalue weighted by Gasteiger charge is -2.41. The highest BCUT2D eigenvalue weighted by molar-refractivity contribution is 4.88. The number of rotatable bonds is 7. The first kappa shape index (κ1) is 16.9. The Hall–Kier alpha value is -0.160. The highest BCUT2D eigenvalue weighted by atomic mass is 16.3. The summed E-state index contributed by atoms with van der Waals surface area (Å²) in [7, 11) is 4.36. The van der Waals surface area contributed by atoms with Crippen molar-refractivity contribution < 1.29 is 5.11 Å². The van der Waals surface area contributed by atoms with E-state index in [0.717, 1.165) is 19.0 Å². The number of aliphatic hydroxyl groups excluding tert-OH is 1. The minimum atomic E-state index is -0.146. The lowest BCUT2D eigenvalue weighted by atomic mass is 9.92. The standard InChI is InChI=1S/C15H33N3O/c1-6-16-15(3,12-19)11-13(2)18-9-7-14(8-10-18)17(4)5/h13-14,16,19H,6-12H2,1-5H3. The molecule has 19 heavy (non-hydrogen) atoms. The molecule has 0 spiro atoms. The summed E-state index contributed by atoms with van der Waals surface area (Å²) < 4.78 is 0. The number of aliphatic hydroxyl groups is 1. The van der Waals surface area contributed by atoms with Crippen molar-refractivity contribution in [2.24, 2.45) is 0 Å². The minimum absolute atomic E-state index is 0.146. The average molecular weight is 271 g/mol. The number of hydrogen-bond donors (Lipinski definition) is 2. The van der Waals surface area contributed by atoms with Gasteiger partial charge in [-0.1, -0.05) is 6.92 Å². The predicted octanol–water partition coefficient (Wildman–Crippen LogP) is 1.15. The maximum Gasteiger partial charge on any atom is 0.0611 e. The number of likely N-dealkylation sites (tertiary alicyclic amines) is 1. The molecule has 2 unspecified atom stereocenters. The average Bonchev–Trinajstić information content (AvgIpc) is 2.39. The maximum absolute atomic E-state index is 9.59. The summed E-state index contributed by atoms with van der Waals surface area (Å²) in [6.45, 7) is 9.99. The van der Waals surface area contributed by atoms with Crippen molar-refractivity contribution in [2.45, 2.75) is 57.7 Å². The van der Waals surface area contributed by atoms with Gasteiger partial charge in [0.15, 0.2) is 0 Å². The van der Waals surface area contributed by atoms with E-state index in [-0.39, 0.29) is 12.1 Å². The summed E-state index contributed by atoms with van der Waals surface area (Å²) in [5, 5.41) is 13.0. The third kappa shape index (κ3) is 5.03. The van der Waals surface area contributed by atoms with Crippen LogP contribution in [0.2, 0.25) is 0 Å². The second kappa shape index (κ2) is 7.58. The Balaban J connectivity index is 2.44. The van der Waals surface area contributed by atoms with E-state index < -0.39 is 0 Å². The Kier molecular flexibility index (Phi) is 6.74. The molecule has 0 saturated carbocycles. The number of hydrogen-bond acceptors (Lipinski definition) is 4. The summed E-state index contributed by atoms with van der Waals surface area (Å²) in [6.07, 6.45) is 3.52. The molecule has 1 rings (SSSR count). The van der Waals surface area contributed by atoms with Crippen LogP contribution in [0.25, 0.3) is 0 Å². The van der Waals surface area contributed by atoms with E-state index in [4.69, 9.17) is 0 Å². The summed E-state index contributed by atoms with van der Waals surface area (Å²) in [4.78, 5) is 4.92. The summed E-state index contributed by atoms with van der Waals surface area (Å²) in [5.41, 5.74) is -0.146. The molecular formula is C15H33N3O. The van der Waals surface area contributed by atoms with Gasteiger partial charge in [-0.25, -0.2) is 0 Å². The minimum Gasteiger partial charge on any atom is -0.394 e. The lowest BCUT2D eigenvalue weighted by Crippen LogP contribution is -2.52. The van der Waals surface area contributed by atoms with Crippen molar-refractivity contribution in [1.29, 1.82) is 0 Å². The Morgan fingerprint density at radius 1 is 1.37 bits per heavy atom. The third-order valence-corrected chi connectivity index (χ3v) is 4.55. The van der Waals surface area contributed by atoms with Gasteiger partial charge in [-0.3, -0.25) is 0 Å². The zero-order valence-electron chi connectivity index (χ0n) is 13.4. The molecule has 114 valence electrons. The molecule has 1 aliphatic heterocycles. The fourth-order valence-electron chi connectivity index (χ4n) is 3.24. The van der Waals surface area contributed by atoms with Gasteiger partial charge in [-0.05, 0) is 66.8 Å². The van der Waals surface area contributed by atoms with Crippen LogP contribution >= 0.6 is 0 Å². The normalized spacial score (nSPS) is 23.5. The first-order chi connectivity index (χ1) is 8.91. The molecule has 1 aliphatic rings. The van der Waals surface area contributed by atoms with Gasteiger partial charge in [0.1, 0.15) is 0 Å². The smallest absolute Gasteiger partial charge is 0.0611 e. The monoisotopic (exact) mass is 271 g/mol. The predicted molar refractivity (Wildman–Crippen MR) is 81.5 cm³/mol. The quantitative estimate of drug-likeness (QED) is 0.729. The van der Waals surface area contributed by atoms with E-state index >= 15 is 0 Å². The number of piperidine rings is 1. The Labute approximate surface area is 119 Å². The third-order valence-electron chi connectivity index (χ3n) is 4.55. The molecule has 0 bridgehead atoms. The van der Waals surface area contributed by atoms with Crippen LogP contribution in [0.3, 0.4) is 0 Å². The Bertz CT molecular complexity index is 252. The van der Waals surface area contributed by atoms with E-state index in [2.05, 4.69) is 50.0 Å². The van der Waals surface area contributed by atoms with Crippen LogP contribution in [0.4, 0.5) is 0 Å². The fraction of sp³-hybridized carbons (Fsp3) is 1.00. The molecule has 4 nitrogen and oxygen atoms in total. The van der Waals surface area contributed by atoms with Crippen LogP contribution in [0.5, 0.6) is 0 Å². The molecular weight excluding hydrogens is 238 g/mol. The molecule has 0 aromatic heterocycles. The second-order valence-electron chi connectivity index (χ2n) is 6.53. The zero-order chi connectivity index (χ0) is 14.5. The Morgan fingerprint density at radius 2 is 1.95 bits per heavy atom. The molecule has 4 heteroatoms. The van der Waals surface area contributed by atoms with Gasteiger partial charge in [0, 0.05) is 17.6 Å². The van der Waals surface area contributed by atoms with Crippen molar-refractivity contribution >= 4 is 0 Å². The zero-order valence-corrected chi connectivity index (χ0v) is 13.4. The van der Waals surface area contributed by atoms with Gasteiger partial charge in [0.25, 0.3) is 0 Å². The van der Waals surface area contributed by atoms with Gasteiger partial charge in [0.05, 0.1) is 6.61 Å². The topological polar surface area (TPSA) is 38.7 Å². The second-order valence-corrected chi connectivity index (χ2v) is 6.53. The largest absolute Gasteiger partial charge is 0.394 e. The van der Waals surface area contributed by atoms with Crippen molar-refractivity contribution in [3.05, 3.63) is 0 Å². The number of nitrogens with one attached hydrogen (secondary N) is 1. The van der Waals surface area contributed by atoms with E-state index in [1.807, 2.05) is 0 Å². The van der Waals surface area contributed by atoms with Crippen molar-refractivity contribution in [3.8, 4) is 0 Å². The molecule has 2 N–H and O–H groups in total. The van der Waals surface area contributed by atoms with Gasteiger partial charge in [-0.2, -0.15) is 0 Å². The summed E-state index contributed by atoms with van der Waals surface area (Å²) in [6, 6.07) is 1.26. The number of likely N-dealkylation sites (N-methyl/N-ethyl adjacent to an activating group) is 1. The van der Waals surface area contributed by atoms with Gasteiger partial charge < -0.3 is 20.2 Å². The van der Waals surface area contributed by atoms with Crippen molar-refractivity contribution in [1.82, 2.24) is 15.1 Å². The van der Waals surface area contributed by atoms with Crippen LogP contribution < -0.4 is 5.32 Å². The molecule has 0 aromatic rings. The van der Waals surface area contributed by atoms with Crippen LogP contribution in [0.15, 0.2) is 0 Å². The molecule has 0 radical (unpaired) electrons. The van der Waals surface area contributed by atoms with Gasteiger partial charge in [-0.15, -0.1) is 0 Å². The molecule has 0 aromatic carbocycles. The highest BCUT2D eigenvalue weighted by Gasteiger charge is 2.29. The van der Waals surface area contributed by atoms with E-state index in [0.29, 0.717) is 6.04 Å². The Morgan fingerprint density at radius 3 is 2.37 bits per heavy atom. The maximum atomic E-state index is 9.59. The summed E-state index contributed by atoms with van der Waals surface area (Å²) in [5.74, 6) is 0.